The standard InChI is InChI=1S/C10H8NOS/c13-10(9-5-4-8-12-9)11-6-2-1-3-7-11/h1-8H/q+1. The van der Waals surface area contributed by atoms with E-state index in [1.807, 2.05) is 47.3 Å². The maximum absolute atomic E-state index is 5.21. The number of hydrogen-bond acceptors (Lipinski definition) is 2. The highest BCUT2D eigenvalue weighted by Gasteiger charge is 2.13. The molecule has 0 aromatic carbocycles. The number of hydrogen-bond donors (Lipinski definition) is 0. The molecule has 0 aliphatic heterocycles. The molecule has 2 nitrogen and oxygen atoms in total. The van der Waals surface area contributed by atoms with Crippen molar-refractivity contribution in [2.45, 2.75) is 0 Å². The van der Waals surface area contributed by atoms with E-state index in [0.717, 1.165) is 0 Å². The van der Waals surface area contributed by atoms with Crippen LogP contribution in [0, 0.1) is 0 Å². The average Bonchev–Trinajstić information content (AvgIpc) is 2.71. The van der Waals surface area contributed by atoms with Crippen LogP contribution < -0.4 is 4.57 Å². The molecule has 2 aromatic rings. The van der Waals surface area contributed by atoms with E-state index in [4.69, 9.17) is 16.6 Å². The maximum atomic E-state index is 5.21. The maximum Gasteiger partial charge on any atom is 0.320 e. The molecule has 2 rings (SSSR count). The summed E-state index contributed by atoms with van der Waals surface area (Å²) in [5.41, 5.74) is 0. The van der Waals surface area contributed by atoms with Crippen LogP contribution in [-0.4, -0.2) is 4.99 Å². The van der Waals surface area contributed by atoms with Crippen LogP contribution >= 0.6 is 12.2 Å². The van der Waals surface area contributed by atoms with Gasteiger partial charge in [-0.15, -0.1) is 0 Å². The predicted octanol–water partition coefficient (Wildman–Crippen LogP) is 1.79. The molecule has 0 atom stereocenters. The Labute approximate surface area is 81.4 Å². The molecule has 2 aromatic heterocycles. The summed E-state index contributed by atoms with van der Waals surface area (Å²) >= 11 is 5.21. The Bertz CT molecular complexity index is 394. The highest BCUT2D eigenvalue weighted by atomic mass is 32.1. The van der Waals surface area contributed by atoms with Gasteiger partial charge < -0.3 is 4.42 Å². The fourth-order valence-electron chi connectivity index (χ4n) is 1.06. The molecule has 0 unspecified atom stereocenters. The molecule has 13 heavy (non-hydrogen) atoms. The lowest BCUT2D eigenvalue weighted by atomic mass is 10.4. The van der Waals surface area contributed by atoms with Crippen molar-refractivity contribution in [2.75, 3.05) is 0 Å². The zero-order chi connectivity index (χ0) is 9.10. The minimum atomic E-state index is 0.672. The van der Waals surface area contributed by atoms with E-state index in [0.29, 0.717) is 10.7 Å². The van der Waals surface area contributed by atoms with Crippen molar-refractivity contribution in [3.8, 4) is 0 Å². The molecule has 0 saturated carbocycles. The molecule has 0 aliphatic rings. The minimum absolute atomic E-state index is 0.672. The van der Waals surface area contributed by atoms with Crippen molar-refractivity contribution >= 4 is 17.2 Å². The minimum Gasteiger partial charge on any atom is -0.457 e. The molecule has 2 heterocycles. The molecule has 0 amide bonds. The highest BCUT2D eigenvalue weighted by Crippen LogP contribution is 1.99. The number of furan rings is 1. The van der Waals surface area contributed by atoms with Gasteiger partial charge in [-0.05, 0) is 24.4 Å². The monoisotopic (exact) mass is 190 g/mol. The second-order valence-corrected chi connectivity index (χ2v) is 2.95. The van der Waals surface area contributed by atoms with E-state index in [1.165, 1.54) is 0 Å². The Kier molecular flexibility index (Phi) is 2.19. The summed E-state index contributed by atoms with van der Waals surface area (Å²) in [4.78, 5) is 0.672. The van der Waals surface area contributed by atoms with E-state index >= 15 is 0 Å². The third-order valence-corrected chi connectivity index (χ3v) is 2.09. The Morgan fingerprint density at radius 3 is 2.54 bits per heavy atom. The van der Waals surface area contributed by atoms with Gasteiger partial charge in [-0.25, -0.2) is 0 Å². The smallest absolute Gasteiger partial charge is 0.320 e. The number of rotatable bonds is 1. The summed E-state index contributed by atoms with van der Waals surface area (Å²) < 4.78 is 7.03. The van der Waals surface area contributed by atoms with Crippen LogP contribution in [0.3, 0.4) is 0 Å². The first-order valence-electron chi connectivity index (χ1n) is 3.92. The molecule has 0 aliphatic carbocycles. The summed E-state index contributed by atoms with van der Waals surface area (Å²) in [6.07, 6.45) is 5.40. The van der Waals surface area contributed by atoms with Crippen molar-refractivity contribution < 1.29 is 8.98 Å². The van der Waals surface area contributed by atoms with Crippen molar-refractivity contribution in [2.24, 2.45) is 0 Å². The topological polar surface area (TPSA) is 17.0 Å². The first-order chi connectivity index (χ1) is 6.38. The van der Waals surface area contributed by atoms with Crippen molar-refractivity contribution in [3.05, 3.63) is 54.7 Å². The summed E-state index contributed by atoms with van der Waals surface area (Å²) in [6.45, 7) is 0. The quantitative estimate of drug-likeness (QED) is 0.503. The van der Waals surface area contributed by atoms with Crippen LogP contribution in [0.1, 0.15) is 5.76 Å². The van der Waals surface area contributed by atoms with Gasteiger partial charge in [0.2, 0.25) is 5.76 Å². The zero-order valence-corrected chi connectivity index (χ0v) is 7.70. The second kappa shape index (κ2) is 3.49. The SMILES string of the molecule is S=C(c1ccco1)[n+]1ccccc1. The Balaban J connectivity index is 2.34. The molecule has 0 bridgehead atoms. The molecular formula is C10H8NOS+. The van der Waals surface area contributed by atoms with E-state index in [9.17, 15) is 0 Å². The van der Waals surface area contributed by atoms with Gasteiger partial charge in [0.05, 0.1) is 6.26 Å². The number of nitrogens with zero attached hydrogens (tertiary/aromatic N) is 1. The lowest BCUT2D eigenvalue weighted by Gasteiger charge is -1.91. The molecule has 0 radical (unpaired) electrons. The number of aromatic nitrogens is 1. The Morgan fingerprint density at radius 1 is 1.15 bits per heavy atom. The highest BCUT2D eigenvalue weighted by molar-refractivity contribution is 7.80. The number of thiocarbonyl (C=S) groups is 1. The van der Waals surface area contributed by atoms with E-state index in [2.05, 4.69) is 0 Å². The summed E-state index contributed by atoms with van der Waals surface area (Å²) in [5, 5.41) is 0. The van der Waals surface area contributed by atoms with Crippen LogP contribution in [0.25, 0.3) is 0 Å². The van der Waals surface area contributed by atoms with Gasteiger partial charge in [0, 0.05) is 12.1 Å². The van der Waals surface area contributed by atoms with E-state index in [-0.39, 0.29) is 0 Å². The van der Waals surface area contributed by atoms with E-state index in [1.54, 1.807) is 6.26 Å². The molecule has 0 spiro atoms. The lowest BCUT2D eigenvalue weighted by molar-refractivity contribution is -0.551. The lowest BCUT2D eigenvalue weighted by Crippen LogP contribution is -2.40. The fraction of sp³-hybridized carbons (Fsp3) is 0. The van der Waals surface area contributed by atoms with Gasteiger partial charge in [0.25, 0.3) is 0 Å². The van der Waals surface area contributed by atoms with Gasteiger partial charge in [0.1, 0.15) is 0 Å². The van der Waals surface area contributed by atoms with E-state index < -0.39 is 0 Å². The van der Waals surface area contributed by atoms with Crippen LogP contribution in [0.4, 0.5) is 0 Å². The zero-order valence-electron chi connectivity index (χ0n) is 6.88. The summed E-state index contributed by atoms with van der Waals surface area (Å²) in [6, 6.07) is 9.47. The first kappa shape index (κ1) is 8.13. The van der Waals surface area contributed by atoms with Gasteiger partial charge in [0.15, 0.2) is 12.4 Å². The Hall–Kier alpha value is -1.48. The third-order valence-electron chi connectivity index (χ3n) is 1.68. The molecule has 64 valence electrons. The van der Waals surface area contributed by atoms with Crippen molar-refractivity contribution in [1.29, 1.82) is 0 Å². The Morgan fingerprint density at radius 2 is 1.92 bits per heavy atom. The molecule has 0 N–H and O–H groups in total. The van der Waals surface area contributed by atoms with Gasteiger partial charge in [-0.1, -0.05) is 6.07 Å². The second-order valence-electron chi connectivity index (χ2n) is 2.57. The van der Waals surface area contributed by atoms with Crippen LogP contribution in [-0.2, 0) is 0 Å². The van der Waals surface area contributed by atoms with Crippen LogP contribution in [0.5, 0.6) is 0 Å². The molecule has 0 saturated heterocycles. The molecule has 0 fully saturated rings. The largest absolute Gasteiger partial charge is 0.457 e. The van der Waals surface area contributed by atoms with Crippen molar-refractivity contribution in [1.82, 2.24) is 0 Å². The molecular weight excluding hydrogens is 182 g/mol. The normalized spacial score (nSPS) is 9.85. The molecule has 3 heteroatoms. The van der Waals surface area contributed by atoms with Crippen LogP contribution in [0.15, 0.2) is 53.4 Å². The third kappa shape index (κ3) is 1.65. The summed E-state index contributed by atoms with van der Waals surface area (Å²) in [7, 11) is 0. The van der Waals surface area contributed by atoms with Crippen molar-refractivity contribution in [3.63, 3.8) is 0 Å². The van der Waals surface area contributed by atoms with Gasteiger partial charge in [-0.2, -0.15) is 4.57 Å². The number of pyridine rings is 1. The fourth-order valence-corrected chi connectivity index (χ4v) is 1.30. The first-order valence-corrected chi connectivity index (χ1v) is 4.33. The van der Waals surface area contributed by atoms with Crippen LogP contribution in [0.2, 0.25) is 0 Å². The average molecular weight is 190 g/mol. The predicted molar refractivity (Wildman–Crippen MR) is 52.4 cm³/mol. The van der Waals surface area contributed by atoms with Gasteiger partial charge in [-0.3, -0.25) is 0 Å². The van der Waals surface area contributed by atoms with Gasteiger partial charge >= 0.3 is 4.99 Å². The summed E-state index contributed by atoms with van der Waals surface area (Å²) in [5.74, 6) is 0.714.